The minimum atomic E-state index is -0.521. The molecule has 2 rings (SSSR count). The van der Waals surface area contributed by atoms with Crippen LogP contribution >= 0.6 is 0 Å². The number of nitrogen functional groups attached to an aromatic ring is 1. The van der Waals surface area contributed by atoms with Crippen LogP contribution in [0.15, 0.2) is 36.4 Å². The largest absolute Gasteiger partial charge is 0.324 e. The molecule has 0 saturated heterocycles. The minimum Gasteiger partial charge on any atom is -0.324 e. The van der Waals surface area contributed by atoms with Crippen molar-refractivity contribution in [1.29, 1.82) is 5.26 Å². The van der Waals surface area contributed by atoms with E-state index in [9.17, 15) is 10.1 Å². The molecule has 0 aliphatic rings. The van der Waals surface area contributed by atoms with Crippen LogP contribution in [0.25, 0.3) is 0 Å². The fourth-order valence-corrected chi connectivity index (χ4v) is 1.82. The van der Waals surface area contributed by atoms with Gasteiger partial charge in [-0.2, -0.15) is 5.26 Å². The van der Waals surface area contributed by atoms with Crippen molar-refractivity contribution in [3.63, 3.8) is 0 Å². The number of nitro groups is 1. The number of nitrogens with zero attached hydrogens (tertiary/aromatic N) is 4. The molecule has 0 amide bonds. The van der Waals surface area contributed by atoms with Crippen LogP contribution in [0, 0.1) is 21.4 Å². The first kappa shape index (κ1) is 14.2. The van der Waals surface area contributed by atoms with Crippen LogP contribution in [0.5, 0.6) is 0 Å². The highest BCUT2D eigenvalue weighted by Crippen LogP contribution is 2.31. The highest BCUT2D eigenvalue weighted by Gasteiger charge is 2.20. The van der Waals surface area contributed by atoms with Crippen molar-refractivity contribution >= 4 is 23.0 Å². The van der Waals surface area contributed by atoms with Gasteiger partial charge >= 0.3 is 5.69 Å². The lowest BCUT2D eigenvalue weighted by Crippen LogP contribution is -2.16. The first-order valence-corrected chi connectivity index (χ1v) is 5.92. The molecule has 1 aromatic carbocycles. The first-order chi connectivity index (χ1) is 10.1. The topological polar surface area (TPSA) is 121 Å². The highest BCUT2D eigenvalue weighted by atomic mass is 16.6. The van der Waals surface area contributed by atoms with E-state index in [4.69, 9.17) is 11.1 Å². The van der Waals surface area contributed by atoms with E-state index in [1.165, 1.54) is 17.0 Å². The van der Waals surface area contributed by atoms with Crippen molar-refractivity contribution in [3.05, 3.63) is 52.1 Å². The molecule has 0 fully saturated rings. The number of rotatable bonds is 4. The molecule has 8 nitrogen and oxygen atoms in total. The molecule has 0 aliphatic heterocycles. The Morgan fingerprint density at radius 1 is 1.43 bits per heavy atom. The van der Waals surface area contributed by atoms with Gasteiger partial charge in [0.05, 0.1) is 16.6 Å². The molecule has 106 valence electrons. The molecule has 0 bridgehead atoms. The lowest BCUT2D eigenvalue weighted by atomic mass is 10.2. The van der Waals surface area contributed by atoms with Gasteiger partial charge in [0.2, 0.25) is 5.82 Å². The lowest BCUT2D eigenvalue weighted by molar-refractivity contribution is -0.384. The van der Waals surface area contributed by atoms with E-state index in [2.05, 4.69) is 10.4 Å². The van der Waals surface area contributed by atoms with Crippen LogP contribution in [0.2, 0.25) is 0 Å². The third-order valence-electron chi connectivity index (χ3n) is 2.88. The van der Waals surface area contributed by atoms with Gasteiger partial charge in [-0.3, -0.25) is 10.1 Å². The third kappa shape index (κ3) is 2.88. The number of anilines is 3. The fraction of sp³-hybridized carbons (Fsp3) is 0.0769. The average Bonchev–Trinajstić information content (AvgIpc) is 2.53. The van der Waals surface area contributed by atoms with Gasteiger partial charge in [0.1, 0.15) is 5.82 Å². The Balaban J connectivity index is 2.53. The number of aromatic nitrogens is 1. The summed E-state index contributed by atoms with van der Waals surface area (Å²) in [6, 6.07) is 11.5. The fourth-order valence-electron chi connectivity index (χ4n) is 1.82. The second-order valence-electron chi connectivity index (χ2n) is 4.16. The zero-order valence-corrected chi connectivity index (χ0v) is 11.1. The summed E-state index contributed by atoms with van der Waals surface area (Å²) >= 11 is 0. The Labute approximate surface area is 120 Å². The molecule has 0 saturated carbocycles. The number of hydrogen-bond donors (Lipinski definition) is 2. The summed E-state index contributed by atoms with van der Waals surface area (Å²) in [7, 11) is 1.63. The molecule has 2 aromatic rings. The second kappa shape index (κ2) is 5.85. The quantitative estimate of drug-likeness (QED) is 0.499. The van der Waals surface area contributed by atoms with Gasteiger partial charge in [0.15, 0.2) is 0 Å². The predicted molar refractivity (Wildman–Crippen MR) is 77.9 cm³/mol. The number of pyridine rings is 1. The summed E-state index contributed by atoms with van der Waals surface area (Å²) in [5.41, 5.74) is 3.26. The van der Waals surface area contributed by atoms with Crippen molar-refractivity contribution in [1.82, 2.24) is 4.98 Å². The number of nitrogens with one attached hydrogen (secondary N) is 1. The first-order valence-electron chi connectivity index (χ1n) is 5.92. The summed E-state index contributed by atoms with van der Waals surface area (Å²) in [5.74, 6) is 5.72. The summed E-state index contributed by atoms with van der Waals surface area (Å²) < 4.78 is 0. The Kier molecular flexibility index (Phi) is 3.97. The minimum absolute atomic E-state index is 0.130. The van der Waals surface area contributed by atoms with Crippen LogP contribution in [0.1, 0.15) is 5.56 Å². The maximum absolute atomic E-state index is 11.1. The number of hydrogen-bond acceptors (Lipinski definition) is 7. The van der Waals surface area contributed by atoms with E-state index in [0.717, 1.165) is 0 Å². The zero-order valence-electron chi connectivity index (χ0n) is 11.1. The van der Waals surface area contributed by atoms with Gasteiger partial charge in [-0.25, -0.2) is 10.8 Å². The predicted octanol–water partition coefficient (Wildman–Crippen LogP) is 1.91. The molecular formula is C13H12N6O2. The smallest absolute Gasteiger partial charge is 0.312 e. The number of nitrogens with two attached hydrogens (primary N) is 1. The van der Waals surface area contributed by atoms with Crippen LogP contribution in [-0.2, 0) is 0 Å². The monoisotopic (exact) mass is 284 g/mol. The molecule has 0 atom stereocenters. The van der Waals surface area contributed by atoms with Crippen LogP contribution in [-0.4, -0.2) is 17.0 Å². The summed E-state index contributed by atoms with van der Waals surface area (Å²) in [4.78, 5) is 16.2. The van der Waals surface area contributed by atoms with Crippen molar-refractivity contribution in [2.24, 2.45) is 5.84 Å². The van der Waals surface area contributed by atoms with Crippen molar-refractivity contribution < 1.29 is 4.92 Å². The molecule has 1 heterocycles. The number of benzene rings is 1. The molecule has 3 N–H and O–H groups in total. The summed E-state index contributed by atoms with van der Waals surface area (Å²) in [6.45, 7) is 0. The van der Waals surface area contributed by atoms with Crippen molar-refractivity contribution in [2.45, 2.75) is 0 Å². The molecule has 0 spiro atoms. The molecule has 0 radical (unpaired) electrons. The Hall–Kier alpha value is -3.18. The second-order valence-corrected chi connectivity index (χ2v) is 4.16. The van der Waals surface area contributed by atoms with Crippen LogP contribution in [0.4, 0.5) is 23.0 Å². The lowest BCUT2D eigenvalue weighted by Gasteiger charge is -2.18. The number of hydrazine groups is 1. The van der Waals surface area contributed by atoms with Gasteiger partial charge < -0.3 is 10.3 Å². The number of nitriles is 1. The highest BCUT2D eigenvalue weighted by molar-refractivity contribution is 5.70. The molecule has 0 unspecified atom stereocenters. The summed E-state index contributed by atoms with van der Waals surface area (Å²) in [6.07, 6.45) is 0. The van der Waals surface area contributed by atoms with E-state index >= 15 is 0 Å². The SMILES string of the molecule is CN(c1cccc(C#N)c1)c1nc(NN)ccc1[N+](=O)[O-]. The molecular weight excluding hydrogens is 272 g/mol. The van der Waals surface area contributed by atoms with E-state index in [1.54, 1.807) is 31.3 Å². The zero-order chi connectivity index (χ0) is 15.4. The van der Waals surface area contributed by atoms with E-state index < -0.39 is 4.92 Å². The molecule has 0 aliphatic carbocycles. The Bertz CT molecular complexity index is 725. The van der Waals surface area contributed by atoms with Crippen molar-refractivity contribution in [3.8, 4) is 6.07 Å². The maximum atomic E-state index is 11.1. The van der Waals surface area contributed by atoms with E-state index in [0.29, 0.717) is 17.1 Å². The Morgan fingerprint density at radius 2 is 2.19 bits per heavy atom. The molecule has 8 heteroatoms. The average molecular weight is 284 g/mol. The van der Waals surface area contributed by atoms with Crippen LogP contribution in [0.3, 0.4) is 0 Å². The third-order valence-corrected chi connectivity index (χ3v) is 2.88. The molecule has 1 aromatic heterocycles. The van der Waals surface area contributed by atoms with Crippen molar-refractivity contribution in [2.75, 3.05) is 17.4 Å². The standard InChI is InChI=1S/C13H12N6O2/c1-18(10-4-2-3-9(7-10)8-14)13-11(19(20)21)5-6-12(16-13)17-15/h2-7H,15H2,1H3,(H,16,17). The normalized spacial score (nSPS) is 9.76. The van der Waals surface area contributed by atoms with Crippen LogP contribution < -0.4 is 16.2 Å². The van der Waals surface area contributed by atoms with Gasteiger partial charge in [0.25, 0.3) is 0 Å². The van der Waals surface area contributed by atoms with Gasteiger partial charge in [-0.1, -0.05) is 6.07 Å². The van der Waals surface area contributed by atoms with Gasteiger partial charge in [-0.05, 0) is 24.3 Å². The maximum Gasteiger partial charge on any atom is 0.312 e. The van der Waals surface area contributed by atoms with E-state index in [-0.39, 0.29) is 11.5 Å². The van der Waals surface area contributed by atoms with Gasteiger partial charge in [-0.15, -0.1) is 0 Å². The summed E-state index contributed by atoms with van der Waals surface area (Å²) in [5, 5.41) is 20.0. The van der Waals surface area contributed by atoms with E-state index in [1.807, 2.05) is 6.07 Å². The van der Waals surface area contributed by atoms with Gasteiger partial charge in [0, 0.05) is 18.8 Å². The molecule has 21 heavy (non-hydrogen) atoms. The Morgan fingerprint density at radius 3 is 2.81 bits per heavy atom.